The Morgan fingerprint density at radius 2 is 2.38 bits per heavy atom. The highest BCUT2D eigenvalue weighted by Crippen LogP contribution is 2.18. The Hall–Kier alpha value is -0.220. The minimum Gasteiger partial charge on any atom is -0.352 e. The van der Waals surface area contributed by atoms with Crippen molar-refractivity contribution in [3.63, 3.8) is 0 Å². The SMILES string of the molecule is O=C(NC1CCSC1)[C@H]1CCNC1. The fraction of sp³-hybridized carbons (Fsp3) is 0.889. The lowest BCUT2D eigenvalue weighted by molar-refractivity contribution is -0.124. The molecule has 0 bridgehead atoms. The number of rotatable bonds is 2. The summed E-state index contributed by atoms with van der Waals surface area (Å²) >= 11 is 1.94. The molecule has 3 nitrogen and oxygen atoms in total. The first-order valence-electron chi connectivity index (χ1n) is 4.95. The summed E-state index contributed by atoms with van der Waals surface area (Å²) < 4.78 is 0. The van der Waals surface area contributed by atoms with Crippen LogP contribution in [0.4, 0.5) is 0 Å². The van der Waals surface area contributed by atoms with Crippen LogP contribution in [0.15, 0.2) is 0 Å². The normalized spacial score (nSPS) is 33.5. The lowest BCUT2D eigenvalue weighted by Gasteiger charge is -2.14. The van der Waals surface area contributed by atoms with Gasteiger partial charge in [-0.05, 0) is 25.1 Å². The maximum Gasteiger partial charge on any atom is 0.224 e. The van der Waals surface area contributed by atoms with Crippen molar-refractivity contribution in [1.29, 1.82) is 0 Å². The second kappa shape index (κ2) is 4.33. The minimum atomic E-state index is 0.227. The quantitative estimate of drug-likeness (QED) is 0.670. The molecule has 1 amide bonds. The average molecular weight is 200 g/mol. The van der Waals surface area contributed by atoms with Crippen LogP contribution in [-0.2, 0) is 4.79 Å². The number of hydrogen-bond acceptors (Lipinski definition) is 3. The molecule has 0 saturated carbocycles. The molecule has 2 rings (SSSR count). The maximum absolute atomic E-state index is 11.6. The molecule has 0 spiro atoms. The Labute approximate surface area is 83.0 Å². The molecule has 0 aromatic heterocycles. The van der Waals surface area contributed by atoms with Gasteiger partial charge in [0.1, 0.15) is 0 Å². The van der Waals surface area contributed by atoms with Gasteiger partial charge in [0.05, 0.1) is 5.92 Å². The summed E-state index contributed by atoms with van der Waals surface area (Å²) in [5.74, 6) is 2.79. The molecular weight excluding hydrogens is 184 g/mol. The molecule has 2 saturated heterocycles. The van der Waals surface area contributed by atoms with Crippen molar-refractivity contribution in [2.75, 3.05) is 24.6 Å². The molecule has 74 valence electrons. The lowest BCUT2D eigenvalue weighted by Crippen LogP contribution is -2.39. The van der Waals surface area contributed by atoms with Crippen molar-refractivity contribution in [1.82, 2.24) is 10.6 Å². The van der Waals surface area contributed by atoms with Gasteiger partial charge >= 0.3 is 0 Å². The minimum absolute atomic E-state index is 0.227. The van der Waals surface area contributed by atoms with Gasteiger partial charge < -0.3 is 10.6 Å². The van der Waals surface area contributed by atoms with E-state index in [9.17, 15) is 4.79 Å². The number of thioether (sulfide) groups is 1. The van der Waals surface area contributed by atoms with Crippen LogP contribution >= 0.6 is 11.8 Å². The van der Waals surface area contributed by atoms with E-state index in [4.69, 9.17) is 0 Å². The van der Waals surface area contributed by atoms with E-state index < -0.39 is 0 Å². The summed E-state index contributed by atoms with van der Waals surface area (Å²) in [7, 11) is 0. The van der Waals surface area contributed by atoms with Gasteiger partial charge in [0.2, 0.25) is 5.91 Å². The van der Waals surface area contributed by atoms with E-state index in [0.717, 1.165) is 31.7 Å². The fourth-order valence-corrected chi connectivity index (χ4v) is 3.00. The van der Waals surface area contributed by atoms with Crippen molar-refractivity contribution < 1.29 is 4.79 Å². The van der Waals surface area contributed by atoms with Crippen molar-refractivity contribution in [2.45, 2.75) is 18.9 Å². The van der Waals surface area contributed by atoms with Gasteiger partial charge in [-0.1, -0.05) is 0 Å². The van der Waals surface area contributed by atoms with Gasteiger partial charge in [0, 0.05) is 18.3 Å². The van der Waals surface area contributed by atoms with Crippen molar-refractivity contribution in [3.05, 3.63) is 0 Å². The molecule has 4 heteroatoms. The van der Waals surface area contributed by atoms with Crippen LogP contribution < -0.4 is 10.6 Å². The number of carbonyl (C=O) groups excluding carboxylic acids is 1. The van der Waals surface area contributed by atoms with Crippen LogP contribution in [0, 0.1) is 5.92 Å². The highest BCUT2D eigenvalue weighted by Gasteiger charge is 2.25. The van der Waals surface area contributed by atoms with Crippen LogP contribution in [0.3, 0.4) is 0 Å². The van der Waals surface area contributed by atoms with Crippen LogP contribution in [-0.4, -0.2) is 36.5 Å². The Balaban J connectivity index is 1.76. The van der Waals surface area contributed by atoms with Gasteiger partial charge in [-0.15, -0.1) is 0 Å². The zero-order valence-corrected chi connectivity index (χ0v) is 8.53. The first-order chi connectivity index (χ1) is 6.36. The van der Waals surface area contributed by atoms with E-state index in [1.807, 2.05) is 11.8 Å². The lowest BCUT2D eigenvalue weighted by atomic mass is 10.1. The van der Waals surface area contributed by atoms with Crippen LogP contribution in [0.5, 0.6) is 0 Å². The van der Waals surface area contributed by atoms with Crippen LogP contribution in [0.25, 0.3) is 0 Å². The van der Waals surface area contributed by atoms with E-state index in [2.05, 4.69) is 10.6 Å². The first-order valence-corrected chi connectivity index (χ1v) is 6.10. The summed E-state index contributed by atoms with van der Waals surface area (Å²) in [6, 6.07) is 0.443. The fourth-order valence-electron chi connectivity index (χ4n) is 1.85. The Morgan fingerprint density at radius 1 is 1.46 bits per heavy atom. The first kappa shape index (κ1) is 9.34. The molecular formula is C9H16N2OS. The molecule has 2 heterocycles. The van der Waals surface area contributed by atoms with E-state index in [1.165, 1.54) is 5.75 Å². The molecule has 1 unspecified atom stereocenters. The summed E-state index contributed by atoms with van der Waals surface area (Å²) in [5, 5.41) is 6.33. The largest absolute Gasteiger partial charge is 0.352 e. The monoisotopic (exact) mass is 200 g/mol. The topological polar surface area (TPSA) is 41.1 Å². The van der Waals surface area contributed by atoms with Crippen LogP contribution in [0.2, 0.25) is 0 Å². The van der Waals surface area contributed by atoms with Crippen molar-refractivity contribution in [3.8, 4) is 0 Å². The molecule has 0 aromatic carbocycles. The predicted octanol–water partition coefficient (Wildman–Crippen LogP) is 0.218. The van der Waals surface area contributed by atoms with Crippen molar-refractivity contribution >= 4 is 17.7 Å². The van der Waals surface area contributed by atoms with E-state index in [-0.39, 0.29) is 11.8 Å². The smallest absolute Gasteiger partial charge is 0.224 e. The summed E-state index contributed by atoms with van der Waals surface area (Å²) in [6.45, 7) is 1.86. The highest BCUT2D eigenvalue weighted by molar-refractivity contribution is 7.99. The van der Waals surface area contributed by atoms with Crippen molar-refractivity contribution in [2.24, 2.45) is 5.92 Å². The third-order valence-corrected chi connectivity index (χ3v) is 3.87. The number of hydrogen-bond donors (Lipinski definition) is 2. The summed E-state index contributed by atoms with van der Waals surface area (Å²) in [5.41, 5.74) is 0. The van der Waals surface area contributed by atoms with Gasteiger partial charge in [0.25, 0.3) is 0 Å². The van der Waals surface area contributed by atoms with Gasteiger partial charge in [-0.2, -0.15) is 11.8 Å². The molecule has 2 fully saturated rings. The molecule has 2 aliphatic rings. The maximum atomic E-state index is 11.6. The second-order valence-corrected chi connectivity index (χ2v) is 4.91. The zero-order chi connectivity index (χ0) is 9.10. The van der Waals surface area contributed by atoms with Gasteiger partial charge in [0.15, 0.2) is 0 Å². The van der Waals surface area contributed by atoms with Gasteiger partial charge in [-0.25, -0.2) is 0 Å². The third kappa shape index (κ3) is 2.38. The molecule has 13 heavy (non-hydrogen) atoms. The Morgan fingerprint density at radius 3 is 3.00 bits per heavy atom. The van der Waals surface area contributed by atoms with E-state index in [1.54, 1.807) is 0 Å². The Kier molecular flexibility index (Phi) is 3.11. The third-order valence-electron chi connectivity index (χ3n) is 2.71. The summed E-state index contributed by atoms with van der Waals surface area (Å²) in [4.78, 5) is 11.6. The number of nitrogens with one attached hydrogen (secondary N) is 2. The van der Waals surface area contributed by atoms with E-state index >= 15 is 0 Å². The predicted molar refractivity (Wildman–Crippen MR) is 54.8 cm³/mol. The molecule has 2 N–H and O–H groups in total. The standard InChI is InChI=1S/C9H16N2OS/c12-9(7-1-3-10-5-7)11-8-2-4-13-6-8/h7-8,10H,1-6H2,(H,11,12)/t7-,8?/m0/s1. The average Bonchev–Trinajstić information content (AvgIpc) is 2.74. The second-order valence-electron chi connectivity index (χ2n) is 3.76. The molecule has 2 aliphatic heterocycles. The molecule has 0 aliphatic carbocycles. The zero-order valence-electron chi connectivity index (χ0n) is 7.71. The molecule has 0 aromatic rings. The Bertz CT molecular complexity index is 186. The molecule has 0 radical (unpaired) electrons. The number of amides is 1. The van der Waals surface area contributed by atoms with Gasteiger partial charge in [-0.3, -0.25) is 4.79 Å². The number of carbonyl (C=O) groups is 1. The van der Waals surface area contributed by atoms with E-state index in [0.29, 0.717) is 6.04 Å². The molecule has 2 atom stereocenters. The summed E-state index contributed by atoms with van der Waals surface area (Å²) in [6.07, 6.45) is 2.16. The highest BCUT2D eigenvalue weighted by atomic mass is 32.2. The van der Waals surface area contributed by atoms with Crippen LogP contribution in [0.1, 0.15) is 12.8 Å².